The summed E-state index contributed by atoms with van der Waals surface area (Å²) in [5, 5.41) is 0. The Labute approximate surface area is 78.4 Å². The first-order chi connectivity index (χ1) is 6.47. The predicted octanol–water partition coefficient (Wildman–Crippen LogP) is 0.218. The van der Waals surface area contributed by atoms with Crippen LogP contribution in [0.3, 0.4) is 0 Å². The van der Waals surface area contributed by atoms with Gasteiger partial charge in [0, 0.05) is 15.5 Å². The number of ketones is 2. The standard InChI is InChI=1S/C6H3N3O4S/c7-8-9-14(12,13)6-3-4(10)1-2-5(6)11/h1-3H. The second kappa shape index (κ2) is 3.44. The average molecular weight is 213 g/mol. The highest BCUT2D eigenvalue weighted by Crippen LogP contribution is 2.14. The van der Waals surface area contributed by atoms with Gasteiger partial charge in [0.2, 0.25) is 0 Å². The van der Waals surface area contributed by atoms with Crippen LogP contribution in [0.15, 0.2) is 27.7 Å². The molecule has 1 aliphatic rings. The number of nitrogens with zero attached hydrogens (tertiary/aromatic N) is 3. The Balaban J connectivity index is 3.30. The molecular formula is C6H3N3O4S. The molecule has 14 heavy (non-hydrogen) atoms. The molecule has 0 aliphatic heterocycles. The molecule has 0 saturated carbocycles. The number of hydrogen-bond donors (Lipinski definition) is 0. The Hall–Kier alpha value is -1.92. The van der Waals surface area contributed by atoms with E-state index >= 15 is 0 Å². The molecule has 0 heterocycles. The van der Waals surface area contributed by atoms with Crippen molar-refractivity contribution >= 4 is 21.6 Å². The zero-order chi connectivity index (χ0) is 10.8. The molecule has 1 aliphatic carbocycles. The fraction of sp³-hybridized carbons (Fsp3) is 0. The summed E-state index contributed by atoms with van der Waals surface area (Å²) < 4.78 is 24.5. The van der Waals surface area contributed by atoms with Crippen molar-refractivity contribution in [2.75, 3.05) is 0 Å². The van der Waals surface area contributed by atoms with Crippen LogP contribution in [0.1, 0.15) is 0 Å². The SMILES string of the molecule is [N-]=[N+]=NS(=O)(=O)C1=CC(=O)C=CC1=O. The number of carbonyl (C=O) groups is 2. The molecule has 0 saturated heterocycles. The maximum atomic E-state index is 11.0. The van der Waals surface area contributed by atoms with E-state index in [4.69, 9.17) is 5.53 Å². The van der Waals surface area contributed by atoms with Crippen molar-refractivity contribution in [3.8, 4) is 0 Å². The van der Waals surface area contributed by atoms with Crippen LogP contribution in [0.4, 0.5) is 0 Å². The summed E-state index contributed by atoms with van der Waals surface area (Å²) in [6, 6.07) is 0. The minimum atomic E-state index is -4.37. The van der Waals surface area contributed by atoms with Crippen molar-refractivity contribution in [1.82, 2.24) is 0 Å². The largest absolute Gasteiger partial charge is 0.290 e. The van der Waals surface area contributed by atoms with Gasteiger partial charge in [0.05, 0.1) is 0 Å². The van der Waals surface area contributed by atoms with Gasteiger partial charge in [-0.15, -0.1) is 0 Å². The van der Waals surface area contributed by atoms with Crippen LogP contribution in [-0.2, 0) is 19.6 Å². The highest BCUT2D eigenvalue weighted by Gasteiger charge is 2.25. The van der Waals surface area contributed by atoms with Gasteiger partial charge in [-0.2, -0.15) is 0 Å². The third kappa shape index (κ3) is 1.87. The van der Waals surface area contributed by atoms with Gasteiger partial charge in [-0.25, -0.2) is 8.42 Å². The van der Waals surface area contributed by atoms with E-state index in [-0.39, 0.29) is 0 Å². The van der Waals surface area contributed by atoms with Crippen molar-refractivity contribution in [3.05, 3.63) is 33.6 Å². The summed E-state index contributed by atoms with van der Waals surface area (Å²) in [6.45, 7) is 0. The number of hydrogen-bond acceptors (Lipinski definition) is 4. The van der Waals surface area contributed by atoms with E-state index < -0.39 is 26.5 Å². The van der Waals surface area contributed by atoms with Gasteiger partial charge in [0.1, 0.15) is 4.91 Å². The Morgan fingerprint density at radius 2 is 1.93 bits per heavy atom. The number of rotatable bonds is 2. The van der Waals surface area contributed by atoms with Gasteiger partial charge in [-0.1, -0.05) is 0 Å². The van der Waals surface area contributed by atoms with Gasteiger partial charge in [-0.3, -0.25) is 9.59 Å². The molecule has 0 aromatic heterocycles. The van der Waals surface area contributed by atoms with Crippen molar-refractivity contribution in [2.45, 2.75) is 0 Å². The van der Waals surface area contributed by atoms with Crippen LogP contribution in [0, 0.1) is 0 Å². The normalized spacial score (nSPS) is 16.1. The molecule has 0 aromatic carbocycles. The van der Waals surface area contributed by atoms with E-state index in [2.05, 4.69) is 9.43 Å². The lowest BCUT2D eigenvalue weighted by atomic mass is 10.2. The van der Waals surface area contributed by atoms with E-state index in [1.165, 1.54) is 0 Å². The molecule has 0 bridgehead atoms. The first-order valence-electron chi connectivity index (χ1n) is 3.27. The second-order valence-corrected chi connectivity index (χ2v) is 3.81. The monoisotopic (exact) mass is 213 g/mol. The van der Waals surface area contributed by atoms with Gasteiger partial charge in [0.15, 0.2) is 11.6 Å². The first-order valence-corrected chi connectivity index (χ1v) is 4.71. The summed E-state index contributed by atoms with van der Waals surface area (Å²) in [5.74, 6) is -1.52. The van der Waals surface area contributed by atoms with Crippen LogP contribution in [0.5, 0.6) is 0 Å². The highest BCUT2D eigenvalue weighted by molar-refractivity contribution is 7.95. The third-order valence-corrected chi connectivity index (χ3v) is 2.50. The maximum absolute atomic E-state index is 11.0. The molecule has 0 unspecified atom stereocenters. The van der Waals surface area contributed by atoms with Gasteiger partial charge < -0.3 is 0 Å². The summed E-state index contributed by atoms with van der Waals surface area (Å²) in [4.78, 5) is 23.0. The molecule has 0 aromatic rings. The van der Waals surface area contributed by atoms with Crippen molar-refractivity contribution in [3.63, 3.8) is 0 Å². The fourth-order valence-electron chi connectivity index (χ4n) is 0.782. The van der Waals surface area contributed by atoms with E-state index in [1.807, 2.05) is 0 Å². The maximum Gasteiger partial charge on any atom is 0.268 e. The minimum absolute atomic E-state index is 0.617. The third-order valence-electron chi connectivity index (χ3n) is 1.34. The first kappa shape index (κ1) is 10.2. The molecule has 0 amide bonds. The fourth-order valence-corrected chi connectivity index (χ4v) is 1.55. The molecule has 1 rings (SSSR count). The van der Waals surface area contributed by atoms with Crippen molar-refractivity contribution in [2.24, 2.45) is 4.52 Å². The molecule has 0 N–H and O–H groups in total. The molecule has 0 fully saturated rings. The van der Waals surface area contributed by atoms with Crippen LogP contribution in [0.2, 0.25) is 0 Å². The summed E-state index contributed by atoms with van der Waals surface area (Å²) >= 11 is 0. The van der Waals surface area contributed by atoms with Crippen molar-refractivity contribution in [1.29, 1.82) is 0 Å². The average Bonchev–Trinajstić information content (AvgIpc) is 2.09. The molecule has 0 spiro atoms. The molecule has 7 nitrogen and oxygen atoms in total. The Morgan fingerprint density at radius 1 is 1.29 bits per heavy atom. The van der Waals surface area contributed by atoms with Crippen LogP contribution in [-0.4, -0.2) is 20.0 Å². The molecule has 8 heteroatoms. The van der Waals surface area contributed by atoms with Crippen LogP contribution >= 0.6 is 0 Å². The Morgan fingerprint density at radius 3 is 2.50 bits per heavy atom. The minimum Gasteiger partial charge on any atom is -0.290 e. The molecule has 72 valence electrons. The lowest BCUT2D eigenvalue weighted by Crippen LogP contribution is -2.14. The highest BCUT2D eigenvalue weighted by atomic mass is 32.2. The second-order valence-electron chi connectivity index (χ2n) is 2.25. The zero-order valence-corrected chi connectivity index (χ0v) is 7.43. The molecular weight excluding hydrogens is 210 g/mol. The molecule has 0 radical (unpaired) electrons. The van der Waals surface area contributed by atoms with Crippen molar-refractivity contribution < 1.29 is 18.0 Å². The smallest absolute Gasteiger partial charge is 0.268 e. The number of allylic oxidation sites excluding steroid dienone is 4. The van der Waals surface area contributed by atoms with Gasteiger partial charge >= 0.3 is 0 Å². The lowest BCUT2D eigenvalue weighted by Gasteiger charge is -2.02. The summed E-state index contributed by atoms with van der Waals surface area (Å²) in [7, 11) is -4.37. The summed E-state index contributed by atoms with van der Waals surface area (Å²) in [6.07, 6.45) is 2.35. The van der Waals surface area contributed by atoms with Gasteiger partial charge in [-0.05, 0) is 17.7 Å². The van der Waals surface area contributed by atoms with Gasteiger partial charge in [0.25, 0.3) is 10.0 Å². The Kier molecular flexibility index (Phi) is 2.50. The molecule has 0 atom stereocenters. The van der Waals surface area contributed by atoms with E-state index in [0.717, 1.165) is 12.2 Å². The van der Waals surface area contributed by atoms with E-state index in [0.29, 0.717) is 6.08 Å². The number of sulfonamides is 1. The quantitative estimate of drug-likeness (QED) is 0.282. The number of azide groups is 1. The van der Waals surface area contributed by atoms with Crippen LogP contribution in [0.25, 0.3) is 10.4 Å². The lowest BCUT2D eigenvalue weighted by molar-refractivity contribution is -0.114. The topological polar surface area (TPSA) is 117 Å². The predicted molar refractivity (Wildman–Crippen MR) is 45.3 cm³/mol. The van der Waals surface area contributed by atoms with E-state index in [9.17, 15) is 18.0 Å². The van der Waals surface area contributed by atoms with E-state index in [1.54, 1.807) is 0 Å². The zero-order valence-electron chi connectivity index (χ0n) is 6.61. The van der Waals surface area contributed by atoms with Crippen LogP contribution < -0.4 is 0 Å². The Bertz CT molecular complexity index is 507. The number of carbonyl (C=O) groups excluding carboxylic acids is 2. The summed E-state index contributed by atoms with van der Waals surface area (Å²) in [5.41, 5.74) is 7.92.